The second-order valence-electron chi connectivity index (χ2n) is 7.39. The Morgan fingerprint density at radius 2 is 1.33 bits per heavy atom. The molecule has 0 aliphatic heterocycles. The standard InChI is InChI=1S/C25H24O4S/c1-5-29-30(26,27)23-13-9-19-15-17(3)7-11-21(19)25(23)24-20-10-6-16(2)14-18(20)8-12-22(24)28-4/h6-15H,5H2,1-4H3. The summed E-state index contributed by atoms with van der Waals surface area (Å²) >= 11 is 0. The van der Waals surface area contributed by atoms with E-state index >= 15 is 0 Å². The quantitative estimate of drug-likeness (QED) is 0.371. The highest BCUT2D eigenvalue weighted by atomic mass is 32.2. The minimum Gasteiger partial charge on any atom is -0.496 e. The molecule has 0 aromatic heterocycles. The zero-order chi connectivity index (χ0) is 21.5. The van der Waals surface area contributed by atoms with Gasteiger partial charge in [-0.1, -0.05) is 59.7 Å². The largest absolute Gasteiger partial charge is 0.496 e. The average molecular weight is 421 g/mol. The van der Waals surface area contributed by atoms with E-state index in [0.29, 0.717) is 11.3 Å². The fraction of sp³-hybridized carbons (Fsp3) is 0.200. The average Bonchev–Trinajstić information content (AvgIpc) is 2.71. The third-order valence-corrected chi connectivity index (χ3v) is 6.71. The first-order valence-corrected chi connectivity index (χ1v) is 11.3. The van der Waals surface area contributed by atoms with Gasteiger partial charge >= 0.3 is 0 Å². The van der Waals surface area contributed by atoms with Crippen molar-refractivity contribution in [3.8, 4) is 16.9 Å². The van der Waals surface area contributed by atoms with Crippen molar-refractivity contribution in [3.05, 3.63) is 71.8 Å². The molecule has 30 heavy (non-hydrogen) atoms. The van der Waals surface area contributed by atoms with Crippen LogP contribution < -0.4 is 4.74 Å². The minimum atomic E-state index is -3.95. The van der Waals surface area contributed by atoms with Gasteiger partial charge in [0.1, 0.15) is 10.6 Å². The van der Waals surface area contributed by atoms with E-state index in [1.807, 2.05) is 56.3 Å². The molecule has 4 aromatic rings. The summed E-state index contributed by atoms with van der Waals surface area (Å²) in [7, 11) is -2.35. The van der Waals surface area contributed by atoms with Crippen LogP contribution in [-0.2, 0) is 14.3 Å². The summed E-state index contributed by atoms with van der Waals surface area (Å²) in [6.07, 6.45) is 0. The van der Waals surface area contributed by atoms with Crippen LogP contribution in [0.2, 0.25) is 0 Å². The Morgan fingerprint density at radius 3 is 1.90 bits per heavy atom. The Kier molecular flexibility index (Phi) is 5.26. The van der Waals surface area contributed by atoms with Crippen LogP contribution in [0.3, 0.4) is 0 Å². The lowest BCUT2D eigenvalue weighted by molar-refractivity contribution is 0.338. The van der Waals surface area contributed by atoms with Gasteiger partial charge in [-0.05, 0) is 54.4 Å². The van der Waals surface area contributed by atoms with Gasteiger partial charge in [0.15, 0.2) is 0 Å². The van der Waals surface area contributed by atoms with E-state index < -0.39 is 10.1 Å². The predicted octanol–water partition coefficient (Wildman–Crippen LogP) is 6.01. The van der Waals surface area contributed by atoms with E-state index in [1.165, 1.54) is 0 Å². The maximum absolute atomic E-state index is 13.1. The van der Waals surface area contributed by atoms with Gasteiger partial charge in [0.05, 0.1) is 13.7 Å². The first kappa shape index (κ1) is 20.4. The molecule has 4 aromatic carbocycles. The zero-order valence-electron chi connectivity index (χ0n) is 17.5. The van der Waals surface area contributed by atoms with E-state index in [9.17, 15) is 8.42 Å². The Balaban J connectivity index is 2.22. The summed E-state index contributed by atoms with van der Waals surface area (Å²) in [6.45, 7) is 5.79. The molecule has 0 spiro atoms. The zero-order valence-corrected chi connectivity index (χ0v) is 18.3. The number of hydrogen-bond acceptors (Lipinski definition) is 4. The fourth-order valence-electron chi connectivity index (χ4n) is 3.97. The van der Waals surface area contributed by atoms with E-state index in [-0.39, 0.29) is 11.5 Å². The van der Waals surface area contributed by atoms with Crippen molar-refractivity contribution in [2.45, 2.75) is 25.7 Å². The minimum absolute atomic E-state index is 0.0690. The molecular formula is C25H24O4S. The van der Waals surface area contributed by atoms with Crippen molar-refractivity contribution in [2.75, 3.05) is 13.7 Å². The first-order valence-electron chi connectivity index (χ1n) is 9.86. The van der Waals surface area contributed by atoms with Crippen molar-refractivity contribution < 1.29 is 17.3 Å². The lowest BCUT2D eigenvalue weighted by Gasteiger charge is -2.18. The van der Waals surface area contributed by atoms with Gasteiger partial charge < -0.3 is 4.74 Å². The van der Waals surface area contributed by atoms with Crippen LogP contribution in [0.4, 0.5) is 0 Å². The smallest absolute Gasteiger partial charge is 0.297 e. The Labute approximate surface area is 177 Å². The SMILES string of the molecule is CCOS(=O)(=O)c1ccc2cc(C)ccc2c1-c1c(OC)ccc2cc(C)ccc12. The van der Waals surface area contributed by atoms with Gasteiger partial charge in [0.25, 0.3) is 10.1 Å². The molecule has 0 fully saturated rings. The number of fused-ring (bicyclic) bond motifs is 2. The summed E-state index contributed by atoms with van der Waals surface area (Å²) < 4.78 is 37.0. The van der Waals surface area contributed by atoms with Gasteiger partial charge in [0, 0.05) is 11.1 Å². The molecule has 4 rings (SSSR count). The van der Waals surface area contributed by atoms with Crippen molar-refractivity contribution in [1.29, 1.82) is 0 Å². The Bertz CT molecular complexity index is 1370. The lowest BCUT2D eigenvalue weighted by Crippen LogP contribution is -2.08. The molecule has 0 atom stereocenters. The molecule has 0 saturated carbocycles. The molecule has 0 unspecified atom stereocenters. The molecule has 0 saturated heterocycles. The Hall–Kier alpha value is -2.89. The van der Waals surface area contributed by atoms with Gasteiger partial charge in [-0.15, -0.1) is 0 Å². The predicted molar refractivity (Wildman–Crippen MR) is 122 cm³/mol. The maximum atomic E-state index is 13.1. The molecule has 154 valence electrons. The normalized spacial score (nSPS) is 11.9. The summed E-state index contributed by atoms with van der Waals surface area (Å²) in [5, 5.41) is 3.76. The monoisotopic (exact) mass is 420 g/mol. The summed E-state index contributed by atoms with van der Waals surface area (Å²) in [5.74, 6) is 0.618. The van der Waals surface area contributed by atoms with E-state index in [4.69, 9.17) is 8.92 Å². The fourth-order valence-corrected chi connectivity index (χ4v) is 5.11. The van der Waals surface area contributed by atoms with Gasteiger partial charge in [0.2, 0.25) is 0 Å². The molecule has 4 nitrogen and oxygen atoms in total. The molecule has 0 aliphatic rings. The number of hydrogen-bond donors (Lipinski definition) is 0. The number of rotatable bonds is 5. The first-order chi connectivity index (χ1) is 14.4. The summed E-state index contributed by atoms with van der Waals surface area (Å²) in [6, 6.07) is 19.5. The van der Waals surface area contributed by atoms with Crippen molar-refractivity contribution >= 4 is 31.7 Å². The van der Waals surface area contributed by atoms with Gasteiger partial charge in [-0.2, -0.15) is 8.42 Å². The molecule has 0 N–H and O–H groups in total. The Morgan fingerprint density at radius 1 is 0.767 bits per heavy atom. The van der Waals surface area contributed by atoms with Crippen LogP contribution >= 0.6 is 0 Å². The topological polar surface area (TPSA) is 52.6 Å². The van der Waals surface area contributed by atoms with Crippen LogP contribution in [0.1, 0.15) is 18.1 Å². The van der Waals surface area contributed by atoms with Crippen molar-refractivity contribution in [2.24, 2.45) is 0 Å². The lowest BCUT2D eigenvalue weighted by atomic mass is 9.92. The molecular weight excluding hydrogens is 396 g/mol. The van der Waals surface area contributed by atoms with Crippen LogP contribution in [0.5, 0.6) is 5.75 Å². The highest BCUT2D eigenvalue weighted by Crippen LogP contribution is 2.44. The van der Waals surface area contributed by atoms with Crippen LogP contribution in [0.15, 0.2) is 65.6 Å². The second kappa shape index (κ2) is 7.74. The maximum Gasteiger partial charge on any atom is 0.297 e. The molecule has 0 heterocycles. The van der Waals surface area contributed by atoms with Crippen molar-refractivity contribution in [3.63, 3.8) is 0 Å². The van der Waals surface area contributed by atoms with E-state index in [1.54, 1.807) is 20.1 Å². The number of benzene rings is 4. The van der Waals surface area contributed by atoms with Crippen LogP contribution in [-0.4, -0.2) is 22.1 Å². The number of methoxy groups -OCH3 is 1. The van der Waals surface area contributed by atoms with Crippen molar-refractivity contribution in [1.82, 2.24) is 0 Å². The van der Waals surface area contributed by atoms with E-state index in [0.717, 1.165) is 38.2 Å². The third kappa shape index (κ3) is 3.44. The molecule has 0 amide bonds. The number of aryl methyl sites for hydroxylation is 2. The molecule has 0 aliphatic carbocycles. The summed E-state index contributed by atoms with van der Waals surface area (Å²) in [4.78, 5) is 0.145. The van der Waals surface area contributed by atoms with E-state index in [2.05, 4.69) is 12.1 Å². The molecule has 0 radical (unpaired) electrons. The number of ether oxygens (including phenoxy) is 1. The molecule has 0 bridgehead atoms. The highest BCUT2D eigenvalue weighted by Gasteiger charge is 2.25. The van der Waals surface area contributed by atoms with Crippen LogP contribution in [0.25, 0.3) is 32.7 Å². The van der Waals surface area contributed by atoms with Gasteiger partial charge in [-0.25, -0.2) is 0 Å². The van der Waals surface area contributed by atoms with Crippen LogP contribution in [0, 0.1) is 13.8 Å². The summed E-state index contributed by atoms with van der Waals surface area (Å²) in [5.41, 5.74) is 3.60. The molecule has 5 heteroatoms. The third-order valence-electron chi connectivity index (χ3n) is 5.29. The second-order valence-corrected chi connectivity index (χ2v) is 8.98. The highest BCUT2D eigenvalue weighted by molar-refractivity contribution is 7.87. The van der Waals surface area contributed by atoms with Gasteiger partial charge in [-0.3, -0.25) is 4.18 Å².